The first-order valence-electron chi connectivity index (χ1n) is 9.37. The Bertz CT molecular complexity index is 697. The van der Waals surface area contributed by atoms with Gasteiger partial charge in [0.25, 0.3) is 0 Å². The molecule has 1 heterocycles. The molecule has 27 heavy (non-hydrogen) atoms. The molecular weight excluding hydrogens is 475 g/mol. The molecule has 0 spiro atoms. The van der Waals surface area contributed by atoms with Crippen molar-refractivity contribution in [3.8, 4) is 0 Å². The van der Waals surface area contributed by atoms with E-state index < -0.39 is 9.84 Å². The fourth-order valence-electron chi connectivity index (χ4n) is 3.09. The number of halogens is 1. The summed E-state index contributed by atoms with van der Waals surface area (Å²) in [6.45, 7) is 10.1. The Kier molecular flexibility index (Phi) is 10.0. The van der Waals surface area contributed by atoms with Gasteiger partial charge in [-0.05, 0) is 51.3 Å². The summed E-state index contributed by atoms with van der Waals surface area (Å²) in [4.78, 5) is 7.50. The lowest BCUT2D eigenvalue weighted by molar-refractivity contribution is 0.167. The van der Waals surface area contributed by atoms with Crippen LogP contribution in [0.3, 0.4) is 0 Å². The van der Waals surface area contributed by atoms with E-state index in [2.05, 4.69) is 41.3 Å². The number of piperidine rings is 1. The second-order valence-corrected chi connectivity index (χ2v) is 9.18. The number of hydrogen-bond donors (Lipinski definition) is 2. The van der Waals surface area contributed by atoms with E-state index >= 15 is 0 Å². The number of guanidine groups is 1. The highest BCUT2D eigenvalue weighted by atomic mass is 127. The van der Waals surface area contributed by atoms with Crippen LogP contribution in [-0.2, 0) is 16.4 Å². The Morgan fingerprint density at radius 2 is 1.81 bits per heavy atom. The second kappa shape index (κ2) is 11.2. The lowest BCUT2D eigenvalue weighted by Gasteiger charge is -2.35. The van der Waals surface area contributed by atoms with Crippen molar-refractivity contribution in [1.82, 2.24) is 15.5 Å². The second-order valence-electron chi connectivity index (χ2n) is 7.16. The molecule has 0 radical (unpaired) electrons. The SMILES string of the molecule is CCNC(=NCc1ccc(S(C)(=O)=O)cc1)NC1CCN(C(C)C)CC1.I. The summed E-state index contributed by atoms with van der Waals surface area (Å²) in [5, 5.41) is 6.84. The van der Waals surface area contributed by atoms with E-state index in [-0.39, 0.29) is 24.0 Å². The number of benzene rings is 1. The normalized spacial score (nSPS) is 16.9. The van der Waals surface area contributed by atoms with E-state index in [0.717, 1.165) is 44.0 Å². The highest BCUT2D eigenvalue weighted by Crippen LogP contribution is 2.13. The summed E-state index contributed by atoms with van der Waals surface area (Å²) in [5.41, 5.74) is 0.990. The number of nitrogens with one attached hydrogen (secondary N) is 2. The Morgan fingerprint density at radius 3 is 2.30 bits per heavy atom. The van der Waals surface area contributed by atoms with Crippen LogP contribution in [0.5, 0.6) is 0 Å². The van der Waals surface area contributed by atoms with Crippen molar-refractivity contribution in [2.75, 3.05) is 25.9 Å². The number of nitrogens with zero attached hydrogens (tertiary/aromatic N) is 2. The van der Waals surface area contributed by atoms with Gasteiger partial charge in [-0.1, -0.05) is 12.1 Å². The van der Waals surface area contributed by atoms with Crippen molar-refractivity contribution in [2.24, 2.45) is 4.99 Å². The number of hydrogen-bond acceptors (Lipinski definition) is 4. The van der Waals surface area contributed by atoms with Crippen molar-refractivity contribution in [1.29, 1.82) is 0 Å². The molecule has 0 unspecified atom stereocenters. The van der Waals surface area contributed by atoms with Crippen LogP contribution in [0.4, 0.5) is 0 Å². The van der Waals surface area contributed by atoms with Crippen LogP contribution in [0.2, 0.25) is 0 Å². The smallest absolute Gasteiger partial charge is 0.191 e. The Balaban J connectivity index is 0.00000364. The van der Waals surface area contributed by atoms with Crippen molar-refractivity contribution in [3.05, 3.63) is 29.8 Å². The van der Waals surface area contributed by atoms with Crippen LogP contribution >= 0.6 is 24.0 Å². The number of likely N-dealkylation sites (tertiary alicyclic amines) is 1. The van der Waals surface area contributed by atoms with Gasteiger partial charge < -0.3 is 15.5 Å². The quantitative estimate of drug-likeness (QED) is 0.351. The molecule has 0 bridgehead atoms. The minimum absolute atomic E-state index is 0. The molecule has 0 atom stereocenters. The standard InChI is InChI=1S/C19H32N4O2S.HI/c1-5-20-19(22-17-10-12-23(13-11-17)15(2)3)21-14-16-6-8-18(9-7-16)26(4,24)25;/h6-9,15,17H,5,10-14H2,1-4H3,(H2,20,21,22);1H. The Morgan fingerprint density at radius 1 is 1.22 bits per heavy atom. The molecule has 8 heteroatoms. The van der Waals surface area contributed by atoms with Crippen LogP contribution < -0.4 is 10.6 Å². The lowest BCUT2D eigenvalue weighted by atomic mass is 10.0. The lowest BCUT2D eigenvalue weighted by Crippen LogP contribution is -2.49. The van der Waals surface area contributed by atoms with Gasteiger partial charge in [-0.15, -0.1) is 24.0 Å². The Labute approximate surface area is 181 Å². The van der Waals surface area contributed by atoms with Gasteiger partial charge in [-0.2, -0.15) is 0 Å². The number of aliphatic imine (C=N–C) groups is 1. The Hall–Kier alpha value is -0.870. The van der Waals surface area contributed by atoms with Gasteiger partial charge in [-0.25, -0.2) is 13.4 Å². The third-order valence-corrected chi connectivity index (χ3v) is 5.84. The maximum atomic E-state index is 11.5. The number of sulfone groups is 1. The topological polar surface area (TPSA) is 73.8 Å². The molecule has 0 aliphatic carbocycles. The summed E-state index contributed by atoms with van der Waals surface area (Å²) < 4.78 is 23.1. The third-order valence-electron chi connectivity index (χ3n) is 4.72. The molecule has 0 saturated carbocycles. The van der Waals surface area contributed by atoms with Crippen LogP contribution in [0, 0.1) is 0 Å². The average Bonchev–Trinajstić information content (AvgIpc) is 2.60. The van der Waals surface area contributed by atoms with Crippen LogP contribution in [0.15, 0.2) is 34.2 Å². The fraction of sp³-hybridized carbons (Fsp3) is 0.632. The summed E-state index contributed by atoms with van der Waals surface area (Å²) in [7, 11) is -3.15. The van der Waals surface area contributed by atoms with E-state index in [1.165, 1.54) is 6.26 Å². The zero-order chi connectivity index (χ0) is 19.2. The zero-order valence-electron chi connectivity index (χ0n) is 16.7. The minimum Gasteiger partial charge on any atom is -0.357 e. The molecule has 1 aliphatic heterocycles. The van der Waals surface area contributed by atoms with Gasteiger partial charge >= 0.3 is 0 Å². The molecule has 2 rings (SSSR count). The van der Waals surface area contributed by atoms with Crippen molar-refractivity contribution >= 4 is 39.8 Å². The third kappa shape index (κ3) is 7.95. The van der Waals surface area contributed by atoms with Gasteiger partial charge in [0.2, 0.25) is 0 Å². The summed E-state index contributed by atoms with van der Waals surface area (Å²) in [6, 6.07) is 7.97. The van der Waals surface area contributed by atoms with Gasteiger partial charge in [-0.3, -0.25) is 0 Å². The van der Waals surface area contributed by atoms with Gasteiger partial charge in [0, 0.05) is 38.0 Å². The predicted molar refractivity (Wildman–Crippen MR) is 123 cm³/mol. The van der Waals surface area contributed by atoms with Crippen LogP contribution in [0.1, 0.15) is 39.2 Å². The monoisotopic (exact) mass is 508 g/mol. The molecule has 1 aromatic carbocycles. The molecule has 1 fully saturated rings. The highest BCUT2D eigenvalue weighted by molar-refractivity contribution is 14.0. The van der Waals surface area contributed by atoms with E-state index in [1.807, 2.05) is 12.1 Å². The van der Waals surface area contributed by atoms with E-state index in [1.54, 1.807) is 12.1 Å². The largest absolute Gasteiger partial charge is 0.357 e. The van der Waals surface area contributed by atoms with E-state index in [9.17, 15) is 8.42 Å². The minimum atomic E-state index is -3.15. The predicted octanol–water partition coefficient (Wildman–Crippen LogP) is 2.64. The zero-order valence-corrected chi connectivity index (χ0v) is 19.9. The molecule has 0 aromatic heterocycles. The number of rotatable bonds is 6. The molecular formula is C19H33IN4O2S. The fourth-order valence-corrected chi connectivity index (χ4v) is 3.72. The first-order chi connectivity index (χ1) is 12.3. The molecule has 1 saturated heterocycles. The van der Waals surface area contributed by atoms with E-state index in [0.29, 0.717) is 23.5 Å². The molecule has 154 valence electrons. The first kappa shape index (κ1) is 24.2. The van der Waals surface area contributed by atoms with Crippen LogP contribution in [0.25, 0.3) is 0 Å². The molecule has 1 aliphatic rings. The van der Waals surface area contributed by atoms with Crippen LogP contribution in [-0.4, -0.2) is 57.3 Å². The molecule has 6 nitrogen and oxygen atoms in total. The van der Waals surface area contributed by atoms with Gasteiger partial charge in [0.05, 0.1) is 11.4 Å². The van der Waals surface area contributed by atoms with E-state index in [4.69, 9.17) is 0 Å². The summed E-state index contributed by atoms with van der Waals surface area (Å²) >= 11 is 0. The first-order valence-corrected chi connectivity index (χ1v) is 11.3. The summed E-state index contributed by atoms with van der Waals surface area (Å²) in [6.07, 6.45) is 3.45. The van der Waals surface area contributed by atoms with Crippen molar-refractivity contribution in [3.63, 3.8) is 0 Å². The van der Waals surface area contributed by atoms with Gasteiger partial charge in [0.15, 0.2) is 15.8 Å². The maximum Gasteiger partial charge on any atom is 0.191 e. The molecule has 0 amide bonds. The maximum absolute atomic E-state index is 11.5. The average molecular weight is 508 g/mol. The van der Waals surface area contributed by atoms with Gasteiger partial charge in [0.1, 0.15) is 0 Å². The molecule has 1 aromatic rings. The van der Waals surface area contributed by atoms with Crippen molar-refractivity contribution in [2.45, 2.75) is 57.1 Å². The van der Waals surface area contributed by atoms with Crippen molar-refractivity contribution < 1.29 is 8.42 Å². The summed E-state index contributed by atoms with van der Waals surface area (Å²) in [5.74, 6) is 0.822. The molecule has 2 N–H and O–H groups in total. The highest BCUT2D eigenvalue weighted by Gasteiger charge is 2.21.